The van der Waals surface area contributed by atoms with Gasteiger partial charge in [0.1, 0.15) is 5.75 Å². The summed E-state index contributed by atoms with van der Waals surface area (Å²) in [6, 6.07) is 7.50. The number of carbonyl (C=O) groups excluding carboxylic acids is 1. The van der Waals surface area contributed by atoms with Crippen LogP contribution in [-0.2, 0) is 9.53 Å². The van der Waals surface area contributed by atoms with Crippen molar-refractivity contribution in [1.29, 1.82) is 0 Å². The summed E-state index contributed by atoms with van der Waals surface area (Å²) < 4.78 is 45.2. The van der Waals surface area contributed by atoms with E-state index < -0.39 is 23.0 Å². The number of carbonyl (C=O) groups is 1. The first-order valence-electron chi connectivity index (χ1n) is 8.10. The molecule has 1 aromatic heterocycles. The molecule has 0 saturated carbocycles. The Morgan fingerprint density at radius 2 is 1.89 bits per heavy atom. The van der Waals surface area contributed by atoms with Crippen LogP contribution in [0, 0.1) is 10.1 Å². The maximum absolute atomic E-state index is 12.2. The Bertz CT molecular complexity index is 841. The molecule has 0 unspecified atom stereocenters. The lowest BCUT2D eigenvalue weighted by Gasteiger charge is -2.10. The predicted molar refractivity (Wildman–Crippen MR) is 92.8 cm³/mol. The van der Waals surface area contributed by atoms with Crippen molar-refractivity contribution < 1.29 is 32.4 Å². The Hall–Kier alpha value is -3.37. The second kappa shape index (κ2) is 9.02. The van der Waals surface area contributed by atoms with Gasteiger partial charge >= 0.3 is 18.0 Å². The Labute approximate surface area is 157 Å². The number of aromatic nitrogens is 1. The molecule has 8 nitrogen and oxygen atoms in total. The van der Waals surface area contributed by atoms with Crippen LogP contribution in [0.2, 0.25) is 0 Å². The van der Waals surface area contributed by atoms with Gasteiger partial charge in [0.15, 0.2) is 0 Å². The van der Waals surface area contributed by atoms with Gasteiger partial charge in [-0.25, -0.2) is 4.98 Å². The molecule has 1 aromatic carbocycles. The van der Waals surface area contributed by atoms with Gasteiger partial charge in [0.2, 0.25) is 5.82 Å². The molecular weight excluding hydrogens is 383 g/mol. The monoisotopic (exact) mass is 399 g/mol. The molecule has 11 heteroatoms. The van der Waals surface area contributed by atoms with Crippen LogP contribution in [0.15, 0.2) is 36.4 Å². The van der Waals surface area contributed by atoms with E-state index in [0.29, 0.717) is 11.3 Å². The summed E-state index contributed by atoms with van der Waals surface area (Å²) in [5.74, 6) is -0.928. The van der Waals surface area contributed by atoms with Gasteiger partial charge in [-0.15, -0.1) is 13.2 Å². The third-order valence-electron chi connectivity index (χ3n) is 3.38. The van der Waals surface area contributed by atoms with E-state index in [1.54, 1.807) is 6.92 Å². The number of benzene rings is 1. The number of hydrogen-bond donors (Lipinski definition) is 1. The summed E-state index contributed by atoms with van der Waals surface area (Å²) in [7, 11) is 0. The second-order valence-corrected chi connectivity index (χ2v) is 5.38. The van der Waals surface area contributed by atoms with Gasteiger partial charge in [0.05, 0.1) is 23.6 Å². The molecule has 0 fully saturated rings. The van der Waals surface area contributed by atoms with Crippen LogP contribution in [0.4, 0.5) is 24.7 Å². The standard InChI is InChI=1S/C17H16F3N3O5/c1-2-27-15(24)9-10-21-16-14(23(25)26)8-7-13(22-16)11-3-5-12(6-4-11)28-17(18,19)20/h3-8H,2,9-10H2,1H3,(H,21,22). The van der Waals surface area contributed by atoms with Gasteiger partial charge in [-0.1, -0.05) is 0 Å². The fourth-order valence-electron chi connectivity index (χ4n) is 2.23. The zero-order valence-electron chi connectivity index (χ0n) is 14.7. The quantitative estimate of drug-likeness (QED) is 0.408. The molecule has 2 rings (SSSR count). The second-order valence-electron chi connectivity index (χ2n) is 5.38. The molecule has 0 amide bonds. The topological polar surface area (TPSA) is 104 Å². The van der Waals surface area contributed by atoms with Gasteiger partial charge in [0, 0.05) is 18.2 Å². The minimum absolute atomic E-state index is 0.0135. The minimum Gasteiger partial charge on any atom is -0.466 e. The van der Waals surface area contributed by atoms with E-state index in [9.17, 15) is 28.1 Å². The normalized spacial score (nSPS) is 11.0. The summed E-state index contributed by atoms with van der Waals surface area (Å²) in [6.07, 6.45) is -4.82. The van der Waals surface area contributed by atoms with Crippen molar-refractivity contribution in [2.24, 2.45) is 0 Å². The number of nitrogens with zero attached hydrogens (tertiary/aromatic N) is 2. The van der Waals surface area contributed by atoms with E-state index in [4.69, 9.17) is 4.74 Å². The van der Waals surface area contributed by atoms with Crippen molar-refractivity contribution in [3.8, 4) is 17.0 Å². The van der Waals surface area contributed by atoms with Crippen molar-refractivity contribution in [3.05, 3.63) is 46.5 Å². The van der Waals surface area contributed by atoms with Gasteiger partial charge in [-0.2, -0.15) is 0 Å². The van der Waals surface area contributed by atoms with Gasteiger partial charge in [-0.3, -0.25) is 14.9 Å². The molecule has 0 aliphatic rings. The Morgan fingerprint density at radius 1 is 1.21 bits per heavy atom. The van der Waals surface area contributed by atoms with Crippen LogP contribution in [0.3, 0.4) is 0 Å². The summed E-state index contributed by atoms with van der Waals surface area (Å²) >= 11 is 0. The minimum atomic E-state index is -4.80. The van der Waals surface area contributed by atoms with E-state index in [1.165, 1.54) is 24.3 Å². The SMILES string of the molecule is CCOC(=O)CCNc1nc(-c2ccc(OC(F)(F)F)cc2)ccc1[N+](=O)[O-]. The van der Waals surface area contributed by atoms with E-state index in [1.807, 2.05) is 0 Å². The van der Waals surface area contributed by atoms with Crippen molar-refractivity contribution in [2.75, 3.05) is 18.5 Å². The summed E-state index contributed by atoms with van der Waals surface area (Å²) in [6.45, 7) is 1.95. The first kappa shape index (κ1) is 20.9. The lowest BCUT2D eigenvalue weighted by atomic mass is 10.1. The maximum atomic E-state index is 12.2. The number of pyridine rings is 1. The molecular formula is C17H16F3N3O5. The number of alkyl halides is 3. The molecule has 0 saturated heterocycles. The van der Waals surface area contributed by atoms with Crippen molar-refractivity contribution in [2.45, 2.75) is 19.7 Å². The fourth-order valence-corrected chi connectivity index (χ4v) is 2.23. The highest BCUT2D eigenvalue weighted by Gasteiger charge is 2.31. The highest BCUT2D eigenvalue weighted by atomic mass is 19.4. The lowest BCUT2D eigenvalue weighted by molar-refractivity contribution is -0.384. The molecule has 0 bridgehead atoms. The third-order valence-corrected chi connectivity index (χ3v) is 3.38. The molecule has 1 heterocycles. The maximum Gasteiger partial charge on any atom is 0.573 e. The summed E-state index contributed by atoms with van der Waals surface area (Å²) in [5, 5.41) is 13.9. The zero-order chi connectivity index (χ0) is 20.7. The van der Waals surface area contributed by atoms with Crippen LogP contribution in [0.5, 0.6) is 5.75 Å². The smallest absolute Gasteiger partial charge is 0.466 e. The molecule has 0 radical (unpaired) electrons. The number of nitrogens with one attached hydrogen (secondary N) is 1. The number of rotatable bonds is 8. The van der Waals surface area contributed by atoms with Crippen molar-refractivity contribution in [3.63, 3.8) is 0 Å². The molecule has 2 aromatic rings. The molecule has 150 valence electrons. The molecule has 1 N–H and O–H groups in total. The summed E-state index contributed by atoms with van der Waals surface area (Å²) in [5.41, 5.74) is 0.422. The predicted octanol–water partition coefficient (Wildman–Crippen LogP) is 3.92. The highest BCUT2D eigenvalue weighted by Crippen LogP contribution is 2.29. The van der Waals surface area contributed by atoms with Crippen LogP contribution in [-0.4, -0.2) is 35.4 Å². The molecule has 0 aliphatic carbocycles. The average Bonchev–Trinajstić information content (AvgIpc) is 2.61. The van der Waals surface area contributed by atoms with Crippen LogP contribution < -0.4 is 10.1 Å². The van der Waals surface area contributed by atoms with E-state index in [-0.39, 0.29) is 31.1 Å². The van der Waals surface area contributed by atoms with E-state index in [2.05, 4.69) is 15.0 Å². The fraction of sp³-hybridized carbons (Fsp3) is 0.294. The third kappa shape index (κ3) is 6.11. The number of hydrogen-bond acceptors (Lipinski definition) is 7. The number of anilines is 1. The Kier molecular flexibility index (Phi) is 6.74. The van der Waals surface area contributed by atoms with Crippen LogP contribution >= 0.6 is 0 Å². The van der Waals surface area contributed by atoms with Crippen LogP contribution in [0.1, 0.15) is 13.3 Å². The first-order chi connectivity index (χ1) is 13.2. The Balaban J connectivity index is 2.19. The van der Waals surface area contributed by atoms with Crippen LogP contribution in [0.25, 0.3) is 11.3 Å². The zero-order valence-corrected chi connectivity index (χ0v) is 14.7. The number of esters is 1. The van der Waals surface area contributed by atoms with Gasteiger partial charge in [-0.05, 0) is 37.3 Å². The molecule has 0 spiro atoms. The number of halogens is 3. The van der Waals surface area contributed by atoms with Crippen molar-refractivity contribution in [1.82, 2.24) is 4.98 Å². The average molecular weight is 399 g/mol. The van der Waals surface area contributed by atoms with Crippen molar-refractivity contribution >= 4 is 17.5 Å². The summed E-state index contributed by atoms with van der Waals surface area (Å²) in [4.78, 5) is 26.0. The first-order valence-corrected chi connectivity index (χ1v) is 8.10. The largest absolute Gasteiger partial charge is 0.573 e. The van der Waals surface area contributed by atoms with Gasteiger partial charge in [0.25, 0.3) is 0 Å². The number of nitro groups is 1. The molecule has 28 heavy (non-hydrogen) atoms. The Morgan fingerprint density at radius 3 is 2.46 bits per heavy atom. The number of ether oxygens (including phenoxy) is 2. The van der Waals surface area contributed by atoms with Gasteiger partial charge < -0.3 is 14.8 Å². The molecule has 0 atom stereocenters. The van der Waals surface area contributed by atoms with E-state index >= 15 is 0 Å². The lowest BCUT2D eigenvalue weighted by Crippen LogP contribution is -2.16. The highest BCUT2D eigenvalue weighted by molar-refractivity contribution is 5.71. The molecule has 0 aliphatic heterocycles. The van der Waals surface area contributed by atoms with E-state index in [0.717, 1.165) is 12.1 Å².